The fourth-order valence-corrected chi connectivity index (χ4v) is 1.97. The van der Waals surface area contributed by atoms with E-state index in [0.717, 1.165) is 16.6 Å². The highest BCUT2D eigenvalue weighted by atomic mass is 16.5. The molecule has 94 valence electrons. The lowest BCUT2D eigenvalue weighted by Gasteiger charge is -2.07. The molecule has 3 rings (SSSR count). The van der Waals surface area contributed by atoms with Crippen molar-refractivity contribution in [3.05, 3.63) is 54.5 Å². The first-order chi connectivity index (χ1) is 9.29. The molecular formula is C14H11N3O2. The summed E-state index contributed by atoms with van der Waals surface area (Å²) in [5.74, 6) is -0.439. The molecule has 0 saturated carbocycles. The van der Waals surface area contributed by atoms with Gasteiger partial charge in [0.1, 0.15) is 5.69 Å². The van der Waals surface area contributed by atoms with E-state index in [0.29, 0.717) is 5.69 Å². The number of nitrogens with zero attached hydrogens (tertiary/aromatic N) is 3. The third-order valence-corrected chi connectivity index (χ3v) is 2.85. The van der Waals surface area contributed by atoms with Gasteiger partial charge in [-0.05, 0) is 30.3 Å². The van der Waals surface area contributed by atoms with Crippen LogP contribution in [0.25, 0.3) is 16.6 Å². The Morgan fingerprint density at radius 2 is 2.11 bits per heavy atom. The molecule has 0 spiro atoms. The molecule has 5 heteroatoms. The number of methoxy groups -OCH3 is 1. The number of rotatable bonds is 2. The van der Waals surface area contributed by atoms with E-state index in [2.05, 4.69) is 14.8 Å². The summed E-state index contributed by atoms with van der Waals surface area (Å²) in [4.78, 5) is 15.8. The monoisotopic (exact) mass is 253 g/mol. The molecule has 0 bridgehead atoms. The Morgan fingerprint density at radius 1 is 1.21 bits per heavy atom. The van der Waals surface area contributed by atoms with E-state index in [9.17, 15) is 4.79 Å². The normalized spacial score (nSPS) is 10.6. The SMILES string of the molecule is COC(=O)c1ccc2c(-n3cccn3)cccc2n1. The molecule has 0 N–H and O–H groups in total. The lowest BCUT2D eigenvalue weighted by atomic mass is 10.1. The van der Waals surface area contributed by atoms with Crippen LogP contribution in [0.5, 0.6) is 0 Å². The standard InChI is InChI=1S/C14H11N3O2/c1-19-14(18)12-7-6-10-11(16-12)4-2-5-13(10)17-9-3-8-15-17/h2-9H,1H3. The average molecular weight is 253 g/mol. The van der Waals surface area contributed by atoms with Crippen molar-refractivity contribution < 1.29 is 9.53 Å². The predicted molar refractivity (Wildman–Crippen MR) is 70.2 cm³/mol. The van der Waals surface area contributed by atoms with Gasteiger partial charge in [0.25, 0.3) is 0 Å². The highest BCUT2D eigenvalue weighted by molar-refractivity contribution is 5.93. The van der Waals surface area contributed by atoms with Crippen molar-refractivity contribution in [3.63, 3.8) is 0 Å². The van der Waals surface area contributed by atoms with Gasteiger partial charge in [-0.2, -0.15) is 5.10 Å². The summed E-state index contributed by atoms with van der Waals surface area (Å²) in [7, 11) is 1.34. The van der Waals surface area contributed by atoms with Crippen LogP contribution in [-0.2, 0) is 4.74 Å². The van der Waals surface area contributed by atoms with Crippen LogP contribution >= 0.6 is 0 Å². The maximum absolute atomic E-state index is 11.5. The summed E-state index contributed by atoms with van der Waals surface area (Å²) in [5.41, 5.74) is 1.95. The van der Waals surface area contributed by atoms with Crippen molar-refractivity contribution in [2.45, 2.75) is 0 Å². The third kappa shape index (κ3) is 1.95. The van der Waals surface area contributed by atoms with Crippen LogP contribution < -0.4 is 0 Å². The van der Waals surface area contributed by atoms with Crippen molar-refractivity contribution in [1.29, 1.82) is 0 Å². The van der Waals surface area contributed by atoms with Gasteiger partial charge in [-0.3, -0.25) is 0 Å². The van der Waals surface area contributed by atoms with Gasteiger partial charge in [0, 0.05) is 17.8 Å². The number of benzene rings is 1. The zero-order chi connectivity index (χ0) is 13.2. The number of carbonyl (C=O) groups is 1. The molecule has 0 unspecified atom stereocenters. The van der Waals surface area contributed by atoms with Gasteiger partial charge >= 0.3 is 5.97 Å². The van der Waals surface area contributed by atoms with E-state index < -0.39 is 5.97 Å². The Balaban J connectivity index is 2.20. The topological polar surface area (TPSA) is 57.0 Å². The molecule has 0 aliphatic rings. The number of fused-ring (bicyclic) bond motifs is 1. The molecular weight excluding hydrogens is 242 g/mol. The first-order valence-electron chi connectivity index (χ1n) is 5.78. The minimum Gasteiger partial charge on any atom is -0.464 e. The van der Waals surface area contributed by atoms with Crippen molar-refractivity contribution in [1.82, 2.24) is 14.8 Å². The van der Waals surface area contributed by atoms with Crippen LogP contribution in [0.15, 0.2) is 48.8 Å². The molecule has 0 atom stereocenters. The fourth-order valence-electron chi connectivity index (χ4n) is 1.97. The maximum atomic E-state index is 11.5. The Bertz CT molecular complexity index is 736. The van der Waals surface area contributed by atoms with Crippen molar-refractivity contribution in [2.75, 3.05) is 7.11 Å². The Hall–Kier alpha value is -2.69. The lowest BCUT2D eigenvalue weighted by Crippen LogP contribution is -2.04. The summed E-state index contributed by atoms with van der Waals surface area (Å²) < 4.78 is 6.43. The van der Waals surface area contributed by atoms with Crippen LogP contribution in [0.2, 0.25) is 0 Å². The van der Waals surface area contributed by atoms with Gasteiger partial charge < -0.3 is 4.74 Å². The molecule has 0 aliphatic carbocycles. The molecule has 19 heavy (non-hydrogen) atoms. The zero-order valence-corrected chi connectivity index (χ0v) is 10.3. The van der Waals surface area contributed by atoms with Crippen molar-refractivity contribution >= 4 is 16.9 Å². The van der Waals surface area contributed by atoms with E-state index in [1.807, 2.05) is 36.5 Å². The summed E-state index contributed by atoms with van der Waals surface area (Å²) in [6.07, 6.45) is 3.58. The Kier molecular flexibility index (Phi) is 2.72. The minimum atomic E-state index is -0.439. The number of hydrogen-bond donors (Lipinski definition) is 0. The number of esters is 1. The second-order valence-corrected chi connectivity index (χ2v) is 3.98. The summed E-state index contributed by atoms with van der Waals surface area (Å²) >= 11 is 0. The number of ether oxygens (including phenoxy) is 1. The van der Waals surface area contributed by atoms with Crippen molar-refractivity contribution in [2.24, 2.45) is 0 Å². The van der Waals surface area contributed by atoms with Crippen LogP contribution in [0.1, 0.15) is 10.5 Å². The smallest absolute Gasteiger partial charge is 0.356 e. The molecule has 0 fully saturated rings. The van der Waals surface area contributed by atoms with Crippen LogP contribution in [-0.4, -0.2) is 27.8 Å². The van der Waals surface area contributed by atoms with E-state index in [4.69, 9.17) is 0 Å². The number of carbonyl (C=O) groups excluding carboxylic acids is 1. The van der Waals surface area contributed by atoms with Gasteiger partial charge in [0.2, 0.25) is 0 Å². The van der Waals surface area contributed by atoms with Crippen LogP contribution in [0, 0.1) is 0 Å². The number of hydrogen-bond acceptors (Lipinski definition) is 4. The molecule has 3 aromatic rings. The molecule has 0 amide bonds. The molecule has 1 aromatic carbocycles. The minimum absolute atomic E-state index is 0.299. The van der Waals surface area contributed by atoms with Gasteiger partial charge in [0.05, 0.1) is 18.3 Å². The highest BCUT2D eigenvalue weighted by Crippen LogP contribution is 2.20. The number of aromatic nitrogens is 3. The first-order valence-corrected chi connectivity index (χ1v) is 5.78. The zero-order valence-electron chi connectivity index (χ0n) is 10.3. The largest absolute Gasteiger partial charge is 0.464 e. The quantitative estimate of drug-likeness (QED) is 0.657. The van der Waals surface area contributed by atoms with Gasteiger partial charge in [0.15, 0.2) is 0 Å². The highest BCUT2D eigenvalue weighted by Gasteiger charge is 2.10. The molecule has 5 nitrogen and oxygen atoms in total. The average Bonchev–Trinajstić information content (AvgIpc) is 2.99. The molecule has 0 radical (unpaired) electrons. The fraction of sp³-hybridized carbons (Fsp3) is 0.0714. The van der Waals surface area contributed by atoms with E-state index in [1.54, 1.807) is 16.9 Å². The lowest BCUT2D eigenvalue weighted by molar-refractivity contribution is 0.0594. The third-order valence-electron chi connectivity index (χ3n) is 2.85. The molecule has 0 saturated heterocycles. The molecule has 0 aliphatic heterocycles. The van der Waals surface area contributed by atoms with Crippen LogP contribution in [0.4, 0.5) is 0 Å². The second kappa shape index (κ2) is 4.53. The second-order valence-electron chi connectivity index (χ2n) is 3.98. The van der Waals surface area contributed by atoms with Gasteiger partial charge in [-0.15, -0.1) is 0 Å². The van der Waals surface area contributed by atoms with Crippen LogP contribution in [0.3, 0.4) is 0 Å². The molecule has 2 heterocycles. The summed E-state index contributed by atoms with van der Waals surface area (Å²) in [6.45, 7) is 0. The van der Waals surface area contributed by atoms with Gasteiger partial charge in [-0.1, -0.05) is 6.07 Å². The van der Waals surface area contributed by atoms with E-state index in [1.165, 1.54) is 7.11 Å². The molecule has 2 aromatic heterocycles. The Labute approximate surface area is 109 Å². The first kappa shape index (κ1) is 11.4. The van der Waals surface area contributed by atoms with Crippen molar-refractivity contribution in [3.8, 4) is 5.69 Å². The van der Waals surface area contributed by atoms with Gasteiger partial charge in [-0.25, -0.2) is 14.5 Å². The predicted octanol–water partition coefficient (Wildman–Crippen LogP) is 2.21. The Morgan fingerprint density at radius 3 is 2.84 bits per heavy atom. The summed E-state index contributed by atoms with van der Waals surface area (Å²) in [6, 6.07) is 11.1. The number of pyridine rings is 1. The van der Waals surface area contributed by atoms with E-state index >= 15 is 0 Å². The van der Waals surface area contributed by atoms with E-state index in [-0.39, 0.29) is 0 Å². The summed E-state index contributed by atoms with van der Waals surface area (Å²) in [5, 5.41) is 5.14. The maximum Gasteiger partial charge on any atom is 0.356 e.